The Morgan fingerprint density at radius 2 is 1.49 bits per heavy atom. The summed E-state index contributed by atoms with van der Waals surface area (Å²) in [6, 6.07) is 9.32. The summed E-state index contributed by atoms with van der Waals surface area (Å²) in [6.45, 7) is 4.37. The number of carbonyl (C=O) groups excluding carboxylic acids is 2. The number of halogens is 3. The van der Waals surface area contributed by atoms with E-state index >= 15 is 0 Å². The molecule has 2 aromatic carbocycles. The molecule has 1 fully saturated rings. The molecule has 226 valence electrons. The van der Waals surface area contributed by atoms with Crippen molar-refractivity contribution in [2.24, 2.45) is 0 Å². The maximum atomic E-state index is 14.6. The summed E-state index contributed by atoms with van der Waals surface area (Å²) < 4.78 is 59.1. The van der Waals surface area contributed by atoms with Gasteiger partial charge in [0.2, 0.25) is 5.82 Å². The average molecular weight is 577 g/mol. The number of hydrogen-bond donors (Lipinski definition) is 0. The molecule has 0 aliphatic heterocycles. The van der Waals surface area contributed by atoms with Crippen LogP contribution < -0.4 is 9.47 Å². The van der Waals surface area contributed by atoms with Crippen molar-refractivity contribution in [3.8, 4) is 11.5 Å². The molecule has 0 amide bonds. The molecule has 0 spiro atoms. The van der Waals surface area contributed by atoms with Crippen molar-refractivity contribution in [1.82, 2.24) is 0 Å². The molecule has 0 N–H and O–H groups in total. The summed E-state index contributed by atoms with van der Waals surface area (Å²) in [4.78, 5) is 24.5. The molecule has 3 rings (SSSR count). The lowest BCUT2D eigenvalue weighted by molar-refractivity contribution is -0.157. The number of carbonyl (C=O) groups is 2. The van der Waals surface area contributed by atoms with Gasteiger partial charge in [-0.05, 0) is 74.3 Å². The quantitative estimate of drug-likeness (QED) is 0.113. The van der Waals surface area contributed by atoms with Gasteiger partial charge in [0.1, 0.15) is 11.9 Å². The van der Waals surface area contributed by atoms with Gasteiger partial charge in [-0.15, -0.1) is 0 Å². The van der Waals surface area contributed by atoms with Gasteiger partial charge in [0.15, 0.2) is 17.7 Å². The molecule has 8 heteroatoms. The minimum absolute atomic E-state index is 0.197. The van der Waals surface area contributed by atoms with E-state index in [2.05, 4.69) is 6.92 Å². The van der Waals surface area contributed by atoms with Gasteiger partial charge in [-0.3, -0.25) is 0 Å². The topological polar surface area (TPSA) is 61.8 Å². The maximum absolute atomic E-state index is 14.6. The third kappa shape index (κ3) is 10.1. The predicted octanol–water partition coefficient (Wildman–Crippen LogP) is 9.02. The van der Waals surface area contributed by atoms with Crippen LogP contribution in [0.25, 0.3) is 0 Å². The SMILES string of the molecule is CCCCCCCCOc1ccc(C(=O)Oc2ccc(C3CCC(OC(=O)C(F)CCCC)CC3)cc2)c(F)c1F. The Morgan fingerprint density at radius 1 is 0.829 bits per heavy atom. The lowest BCUT2D eigenvalue weighted by atomic mass is 9.83. The van der Waals surface area contributed by atoms with Crippen molar-refractivity contribution in [1.29, 1.82) is 0 Å². The van der Waals surface area contributed by atoms with Crippen molar-refractivity contribution >= 4 is 11.9 Å². The third-order valence-electron chi connectivity index (χ3n) is 7.61. The second-order valence-electron chi connectivity index (χ2n) is 10.8. The molecular formula is C33H43F3O5. The summed E-state index contributed by atoms with van der Waals surface area (Å²) >= 11 is 0. The van der Waals surface area contributed by atoms with Gasteiger partial charge in [0.05, 0.1) is 12.2 Å². The van der Waals surface area contributed by atoms with Crippen LogP contribution in [0.2, 0.25) is 0 Å². The minimum Gasteiger partial charge on any atom is -0.490 e. The highest BCUT2D eigenvalue weighted by molar-refractivity contribution is 5.91. The fraction of sp³-hybridized carbons (Fsp3) is 0.576. The first-order valence-corrected chi connectivity index (χ1v) is 15.1. The number of alkyl halides is 1. The Labute approximate surface area is 241 Å². The number of benzene rings is 2. The number of unbranched alkanes of at least 4 members (excludes halogenated alkanes) is 6. The van der Waals surface area contributed by atoms with E-state index in [9.17, 15) is 22.8 Å². The normalized spacial score (nSPS) is 17.6. The van der Waals surface area contributed by atoms with Gasteiger partial charge >= 0.3 is 11.9 Å². The largest absolute Gasteiger partial charge is 0.490 e. The molecule has 1 aliphatic carbocycles. The molecule has 1 aliphatic rings. The van der Waals surface area contributed by atoms with Crippen LogP contribution in [0.1, 0.15) is 119 Å². The number of esters is 2. The first kappa shape index (κ1) is 32.5. The van der Waals surface area contributed by atoms with Gasteiger partial charge in [-0.25, -0.2) is 18.4 Å². The van der Waals surface area contributed by atoms with Crippen molar-refractivity contribution in [2.45, 2.75) is 116 Å². The van der Waals surface area contributed by atoms with Gasteiger partial charge < -0.3 is 14.2 Å². The summed E-state index contributed by atoms with van der Waals surface area (Å²) in [5, 5.41) is 0. The third-order valence-corrected chi connectivity index (χ3v) is 7.61. The number of ether oxygens (including phenoxy) is 3. The van der Waals surface area contributed by atoms with Crippen LogP contribution in [0, 0.1) is 11.6 Å². The molecule has 2 aromatic rings. The molecule has 41 heavy (non-hydrogen) atoms. The van der Waals surface area contributed by atoms with Crippen LogP contribution >= 0.6 is 0 Å². The van der Waals surface area contributed by atoms with Crippen LogP contribution in [0.3, 0.4) is 0 Å². The van der Waals surface area contributed by atoms with Crippen molar-refractivity contribution in [3.63, 3.8) is 0 Å². The van der Waals surface area contributed by atoms with Gasteiger partial charge in [-0.1, -0.05) is 70.9 Å². The summed E-state index contributed by atoms with van der Waals surface area (Å²) in [7, 11) is 0. The highest BCUT2D eigenvalue weighted by atomic mass is 19.2. The highest BCUT2D eigenvalue weighted by Gasteiger charge is 2.28. The molecule has 0 aromatic heterocycles. The smallest absolute Gasteiger partial charge is 0.346 e. The fourth-order valence-electron chi connectivity index (χ4n) is 5.09. The molecule has 0 heterocycles. The highest BCUT2D eigenvalue weighted by Crippen LogP contribution is 2.35. The Kier molecular flexibility index (Phi) is 13.5. The predicted molar refractivity (Wildman–Crippen MR) is 152 cm³/mol. The first-order chi connectivity index (χ1) is 19.8. The summed E-state index contributed by atoms with van der Waals surface area (Å²) in [6.07, 6.45) is 8.99. The molecule has 1 atom stereocenters. The Hall–Kier alpha value is -3.03. The monoisotopic (exact) mass is 576 g/mol. The van der Waals surface area contributed by atoms with E-state index in [1.165, 1.54) is 18.6 Å². The molecule has 1 unspecified atom stereocenters. The first-order valence-electron chi connectivity index (χ1n) is 15.1. The van der Waals surface area contributed by atoms with Gasteiger partial charge in [0, 0.05) is 0 Å². The molecule has 0 radical (unpaired) electrons. The molecule has 0 saturated heterocycles. The fourth-order valence-corrected chi connectivity index (χ4v) is 5.09. The van der Waals surface area contributed by atoms with E-state index in [1.807, 2.05) is 19.1 Å². The molecular weight excluding hydrogens is 533 g/mol. The van der Waals surface area contributed by atoms with Crippen LogP contribution in [-0.2, 0) is 9.53 Å². The molecule has 0 bridgehead atoms. The van der Waals surface area contributed by atoms with E-state index in [4.69, 9.17) is 14.2 Å². The van der Waals surface area contributed by atoms with E-state index in [0.717, 1.165) is 56.9 Å². The second-order valence-corrected chi connectivity index (χ2v) is 10.8. The molecule has 1 saturated carbocycles. The van der Waals surface area contributed by atoms with Crippen LogP contribution in [0.4, 0.5) is 13.2 Å². The van der Waals surface area contributed by atoms with E-state index in [1.54, 1.807) is 12.1 Å². The lowest BCUT2D eigenvalue weighted by Gasteiger charge is -2.29. The van der Waals surface area contributed by atoms with Crippen molar-refractivity contribution < 1.29 is 37.0 Å². The Balaban J connectivity index is 1.46. The van der Waals surface area contributed by atoms with Crippen molar-refractivity contribution in [3.05, 3.63) is 59.2 Å². The van der Waals surface area contributed by atoms with Crippen LogP contribution in [-0.4, -0.2) is 30.8 Å². The zero-order chi connectivity index (χ0) is 29.6. The van der Waals surface area contributed by atoms with E-state index < -0.39 is 35.3 Å². The second kappa shape index (κ2) is 17.0. The standard InChI is InChI=1S/C33H43F3O5/c1-3-5-7-8-9-10-22-39-29-21-20-27(30(35)31(29)36)32(37)40-25-16-12-23(13-17-25)24-14-18-26(19-15-24)41-33(38)28(34)11-6-4-2/h12-13,16-17,20-21,24,26,28H,3-11,14-15,18-19,22H2,1-2H3. The molecule has 5 nitrogen and oxygen atoms in total. The number of rotatable bonds is 16. The zero-order valence-corrected chi connectivity index (χ0v) is 24.3. The zero-order valence-electron chi connectivity index (χ0n) is 24.3. The van der Waals surface area contributed by atoms with E-state index in [-0.39, 0.29) is 36.5 Å². The summed E-state index contributed by atoms with van der Waals surface area (Å²) in [5.41, 5.74) is 0.529. The summed E-state index contributed by atoms with van der Waals surface area (Å²) in [5.74, 6) is -4.04. The Morgan fingerprint density at radius 3 is 2.17 bits per heavy atom. The maximum Gasteiger partial charge on any atom is 0.346 e. The average Bonchev–Trinajstić information content (AvgIpc) is 2.98. The van der Waals surface area contributed by atoms with E-state index in [0.29, 0.717) is 19.3 Å². The lowest BCUT2D eigenvalue weighted by Crippen LogP contribution is -2.28. The van der Waals surface area contributed by atoms with Gasteiger partial charge in [0.25, 0.3) is 0 Å². The Bertz CT molecular complexity index is 1100. The minimum atomic E-state index is -1.56. The van der Waals surface area contributed by atoms with Gasteiger partial charge in [-0.2, -0.15) is 4.39 Å². The van der Waals surface area contributed by atoms with Crippen LogP contribution in [0.5, 0.6) is 11.5 Å². The van der Waals surface area contributed by atoms with Crippen molar-refractivity contribution in [2.75, 3.05) is 6.61 Å². The number of hydrogen-bond acceptors (Lipinski definition) is 5. The van der Waals surface area contributed by atoms with Crippen LogP contribution in [0.15, 0.2) is 36.4 Å².